The molecule has 4 aromatic rings. The molecule has 2 heterocycles. The first-order valence-corrected chi connectivity index (χ1v) is 10.2. The van der Waals surface area contributed by atoms with Crippen LogP contribution in [0.25, 0.3) is 32.9 Å². The molecule has 0 saturated carbocycles. The molecule has 2 aromatic heterocycles. The molecule has 2 aromatic carbocycles. The van der Waals surface area contributed by atoms with E-state index < -0.39 is 0 Å². The van der Waals surface area contributed by atoms with Crippen LogP contribution in [0.1, 0.15) is 24.0 Å². The SMILES string of the molecule is O=c1[nH]c(-c2[nH]c(=O)c3ccccc3c2CCCO)c(CCCO)c2ccccc12. The molecule has 4 rings (SSSR count). The van der Waals surface area contributed by atoms with Crippen LogP contribution in [0.2, 0.25) is 0 Å². The summed E-state index contributed by atoms with van der Waals surface area (Å²) in [5.41, 5.74) is 2.46. The largest absolute Gasteiger partial charge is 0.396 e. The predicted molar refractivity (Wildman–Crippen MR) is 119 cm³/mol. The molecule has 0 aliphatic rings. The molecule has 0 saturated heterocycles. The Morgan fingerprint density at radius 2 is 0.967 bits per heavy atom. The Bertz CT molecular complexity index is 1220. The highest BCUT2D eigenvalue weighted by Crippen LogP contribution is 2.31. The monoisotopic (exact) mass is 404 g/mol. The van der Waals surface area contributed by atoms with Crippen molar-refractivity contribution in [1.29, 1.82) is 0 Å². The van der Waals surface area contributed by atoms with E-state index in [2.05, 4.69) is 9.97 Å². The van der Waals surface area contributed by atoms with Crippen LogP contribution < -0.4 is 11.1 Å². The zero-order chi connectivity index (χ0) is 21.1. The van der Waals surface area contributed by atoms with Gasteiger partial charge in [0.05, 0.1) is 11.4 Å². The summed E-state index contributed by atoms with van der Waals surface area (Å²) in [5, 5.41) is 21.6. The fraction of sp³-hybridized carbons (Fsp3) is 0.250. The minimum atomic E-state index is -0.226. The van der Waals surface area contributed by atoms with E-state index in [1.54, 1.807) is 12.1 Å². The maximum atomic E-state index is 12.8. The number of aryl methyl sites for hydroxylation is 2. The molecule has 0 spiro atoms. The third-order valence-electron chi connectivity index (χ3n) is 5.49. The zero-order valence-corrected chi connectivity index (χ0v) is 16.6. The number of aliphatic hydroxyl groups excluding tert-OH is 2. The van der Waals surface area contributed by atoms with Crippen molar-refractivity contribution in [3.05, 3.63) is 80.4 Å². The summed E-state index contributed by atoms with van der Waals surface area (Å²) in [6, 6.07) is 14.7. The van der Waals surface area contributed by atoms with Crippen molar-refractivity contribution in [2.24, 2.45) is 0 Å². The average Bonchev–Trinajstić information content (AvgIpc) is 2.78. The molecule has 0 bridgehead atoms. The lowest BCUT2D eigenvalue weighted by Gasteiger charge is -2.17. The molecule has 0 unspecified atom stereocenters. The minimum absolute atomic E-state index is 0.0263. The number of fused-ring (bicyclic) bond motifs is 2. The molecule has 0 amide bonds. The van der Waals surface area contributed by atoms with E-state index in [9.17, 15) is 19.8 Å². The molecule has 0 aliphatic carbocycles. The Kier molecular flexibility index (Phi) is 5.79. The number of aromatic amines is 2. The number of H-pyrrole nitrogens is 2. The lowest BCUT2D eigenvalue weighted by Crippen LogP contribution is -2.16. The van der Waals surface area contributed by atoms with Crippen molar-refractivity contribution in [3.8, 4) is 11.4 Å². The minimum Gasteiger partial charge on any atom is -0.396 e. The van der Waals surface area contributed by atoms with Crippen LogP contribution in [0.5, 0.6) is 0 Å². The molecule has 6 heteroatoms. The molecule has 0 radical (unpaired) electrons. The summed E-state index contributed by atoms with van der Waals surface area (Å²) in [5.74, 6) is 0. The van der Waals surface area contributed by atoms with Crippen molar-refractivity contribution < 1.29 is 10.2 Å². The van der Waals surface area contributed by atoms with Crippen LogP contribution in [-0.4, -0.2) is 33.4 Å². The van der Waals surface area contributed by atoms with Gasteiger partial charge in [-0.3, -0.25) is 9.59 Å². The molecular weight excluding hydrogens is 380 g/mol. The van der Waals surface area contributed by atoms with Crippen molar-refractivity contribution in [2.45, 2.75) is 25.7 Å². The van der Waals surface area contributed by atoms with Gasteiger partial charge in [-0.2, -0.15) is 0 Å². The van der Waals surface area contributed by atoms with Gasteiger partial charge < -0.3 is 20.2 Å². The number of aliphatic hydroxyl groups is 2. The lowest BCUT2D eigenvalue weighted by molar-refractivity contribution is 0.288. The van der Waals surface area contributed by atoms with Gasteiger partial charge in [0, 0.05) is 24.0 Å². The topological polar surface area (TPSA) is 106 Å². The van der Waals surface area contributed by atoms with Crippen molar-refractivity contribution in [1.82, 2.24) is 9.97 Å². The Morgan fingerprint density at radius 3 is 1.33 bits per heavy atom. The molecule has 30 heavy (non-hydrogen) atoms. The molecule has 0 aliphatic heterocycles. The second-order valence-corrected chi connectivity index (χ2v) is 7.36. The molecule has 0 fully saturated rings. The fourth-order valence-electron chi connectivity index (χ4n) is 4.13. The number of rotatable bonds is 7. The Labute approximate surface area is 172 Å². The second kappa shape index (κ2) is 8.65. The van der Waals surface area contributed by atoms with Gasteiger partial charge in [0.25, 0.3) is 11.1 Å². The third-order valence-corrected chi connectivity index (χ3v) is 5.49. The van der Waals surface area contributed by atoms with Crippen molar-refractivity contribution in [3.63, 3.8) is 0 Å². The quantitative estimate of drug-likeness (QED) is 0.380. The summed E-state index contributed by atoms with van der Waals surface area (Å²) < 4.78 is 0. The van der Waals surface area contributed by atoms with Gasteiger partial charge in [-0.1, -0.05) is 36.4 Å². The Morgan fingerprint density at radius 1 is 0.600 bits per heavy atom. The van der Waals surface area contributed by atoms with Gasteiger partial charge in [-0.05, 0) is 59.7 Å². The fourth-order valence-corrected chi connectivity index (χ4v) is 4.13. The highest BCUT2D eigenvalue weighted by atomic mass is 16.3. The van der Waals surface area contributed by atoms with Gasteiger partial charge in [-0.25, -0.2) is 0 Å². The van der Waals surface area contributed by atoms with E-state index in [0.29, 0.717) is 47.8 Å². The summed E-state index contributed by atoms with van der Waals surface area (Å²) in [6.07, 6.45) is 2.18. The molecule has 4 N–H and O–H groups in total. The smallest absolute Gasteiger partial charge is 0.256 e. The van der Waals surface area contributed by atoms with Crippen LogP contribution in [0, 0.1) is 0 Å². The predicted octanol–water partition coefficient (Wildman–Crippen LogP) is 2.89. The summed E-state index contributed by atoms with van der Waals surface area (Å²) >= 11 is 0. The van der Waals surface area contributed by atoms with Crippen LogP contribution in [0.4, 0.5) is 0 Å². The van der Waals surface area contributed by atoms with Crippen LogP contribution in [0.15, 0.2) is 58.1 Å². The molecule has 6 nitrogen and oxygen atoms in total. The van der Waals surface area contributed by atoms with Crippen LogP contribution >= 0.6 is 0 Å². The number of benzene rings is 2. The second-order valence-electron chi connectivity index (χ2n) is 7.36. The summed E-state index contributed by atoms with van der Waals surface area (Å²) in [4.78, 5) is 31.6. The van der Waals surface area contributed by atoms with Gasteiger partial charge in [0.1, 0.15) is 0 Å². The zero-order valence-electron chi connectivity index (χ0n) is 16.6. The van der Waals surface area contributed by atoms with Crippen molar-refractivity contribution >= 4 is 21.5 Å². The standard InChI is InChI=1S/C24H24N2O4/c27-13-5-11-17-15-7-1-3-9-19(15)23(29)25-21(17)22-18(12-6-14-28)16-8-2-4-10-20(16)24(30)26-22/h1-4,7-10,27-28H,5-6,11-14H2,(H,25,29)(H,26,30). The van der Waals surface area contributed by atoms with Gasteiger partial charge in [-0.15, -0.1) is 0 Å². The van der Waals surface area contributed by atoms with E-state index in [1.165, 1.54) is 0 Å². The maximum absolute atomic E-state index is 12.8. The molecule has 0 atom stereocenters. The van der Waals surface area contributed by atoms with E-state index in [0.717, 1.165) is 21.9 Å². The number of pyridine rings is 2. The van der Waals surface area contributed by atoms with Gasteiger partial charge >= 0.3 is 0 Å². The number of hydrogen-bond donors (Lipinski definition) is 4. The van der Waals surface area contributed by atoms with Crippen LogP contribution in [0.3, 0.4) is 0 Å². The third kappa shape index (κ3) is 3.56. The average molecular weight is 404 g/mol. The highest BCUT2D eigenvalue weighted by Gasteiger charge is 2.19. The maximum Gasteiger partial charge on any atom is 0.256 e. The normalized spacial score (nSPS) is 11.4. The Hall–Kier alpha value is -3.22. The lowest BCUT2D eigenvalue weighted by atomic mass is 9.93. The first-order chi connectivity index (χ1) is 14.7. The number of hydrogen-bond acceptors (Lipinski definition) is 4. The van der Waals surface area contributed by atoms with E-state index in [-0.39, 0.29) is 24.3 Å². The van der Waals surface area contributed by atoms with Crippen LogP contribution in [-0.2, 0) is 12.8 Å². The van der Waals surface area contributed by atoms with E-state index in [1.807, 2.05) is 36.4 Å². The first kappa shape index (κ1) is 20.1. The summed E-state index contributed by atoms with van der Waals surface area (Å²) in [6.45, 7) is 0.0526. The van der Waals surface area contributed by atoms with Gasteiger partial charge in [0.2, 0.25) is 0 Å². The Balaban J connectivity index is 2.09. The van der Waals surface area contributed by atoms with Crippen molar-refractivity contribution in [2.75, 3.05) is 13.2 Å². The first-order valence-electron chi connectivity index (χ1n) is 10.2. The van der Waals surface area contributed by atoms with E-state index >= 15 is 0 Å². The molecule has 154 valence electrons. The molecular formula is C24H24N2O4. The van der Waals surface area contributed by atoms with Gasteiger partial charge in [0.15, 0.2) is 0 Å². The highest BCUT2D eigenvalue weighted by molar-refractivity contribution is 5.93. The number of nitrogens with one attached hydrogen (secondary N) is 2. The summed E-state index contributed by atoms with van der Waals surface area (Å²) in [7, 11) is 0. The van der Waals surface area contributed by atoms with E-state index in [4.69, 9.17) is 0 Å². The number of aromatic nitrogens is 2.